The Morgan fingerprint density at radius 2 is 1.81 bits per heavy atom. The summed E-state index contributed by atoms with van der Waals surface area (Å²) in [5.74, 6) is -0.347. The van der Waals surface area contributed by atoms with Gasteiger partial charge in [-0.05, 0) is 6.07 Å². The van der Waals surface area contributed by atoms with Crippen LogP contribution in [0.2, 0.25) is 0 Å². The number of hydrogen-bond donors (Lipinski definition) is 0. The van der Waals surface area contributed by atoms with E-state index in [1.807, 2.05) is 0 Å². The van der Waals surface area contributed by atoms with E-state index in [1.165, 1.54) is 15.9 Å². The molecule has 21 heavy (non-hydrogen) atoms. The zero-order valence-corrected chi connectivity index (χ0v) is 11.7. The second-order valence-corrected chi connectivity index (χ2v) is 4.53. The lowest BCUT2D eigenvalue weighted by molar-refractivity contribution is -0.148. The molecule has 118 valence electrons. The molecule has 0 N–H and O–H groups in total. The van der Waals surface area contributed by atoms with Gasteiger partial charge in [-0.15, -0.1) is 12.4 Å². The molecule has 2 heterocycles. The molecule has 1 aliphatic rings. The van der Waals surface area contributed by atoms with Crippen LogP contribution >= 0.6 is 12.4 Å². The number of amides is 1. The molecule has 0 radical (unpaired) electrons. The Kier molecular flexibility index (Phi) is 5.79. The second kappa shape index (κ2) is 6.95. The number of alkyl halides is 3. The zero-order valence-electron chi connectivity index (χ0n) is 10.9. The summed E-state index contributed by atoms with van der Waals surface area (Å²) in [6.45, 7) is -0.193. The summed E-state index contributed by atoms with van der Waals surface area (Å²) in [5, 5.41) is 0. The molecule has 1 aliphatic heterocycles. The number of carbonyl (C=O) groups is 1. The molecule has 0 spiro atoms. The van der Waals surface area contributed by atoms with Crippen LogP contribution in [0, 0.1) is 0 Å². The summed E-state index contributed by atoms with van der Waals surface area (Å²) in [5.41, 5.74) is -0.342. The van der Waals surface area contributed by atoms with Gasteiger partial charge in [0, 0.05) is 32.2 Å². The van der Waals surface area contributed by atoms with Gasteiger partial charge in [-0.3, -0.25) is 9.69 Å². The highest BCUT2D eigenvalue weighted by Crippen LogP contribution is 2.18. The van der Waals surface area contributed by atoms with Crippen molar-refractivity contribution in [1.82, 2.24) is 9.80 Å². The van der Waals surface area contributed by atoms with Crippen LogP contribution in [0.15, 0.2) is 27.6 Å². The first kappa shape index (κ1) is 17.5. The maximum absolute atomic E-state index is 12.2. The Bertz CT molecular complexity index is 519. The molecule has 2 rings (SSSR count). The van der Waals surface area contributed by atoms with E-state index in [4.69, 9.17) is 0 Å². The fourth-order valence-electron chi connectivity index (χ4n) is 2.02. The van der Waals surface area contributed by atoms with Gasteiger partial charge in [0.1, 0.15) is 6.26 Å². The third-order valence-electron chi connectivity index (χ3n) is 3.01. The van der Waals surface area contributed by atoms with Crippen molar-refractivity contribution >= 4 is 18.3 Å². The van der Waals surface area contributed by atoms with Crippen LogP contribution < -0.4 is 5.63 Å². The number of hydrogen-bond acceptors (Lipinski definition) is 4. The highest BCUT2D eigenvalue weighted by molar-refractivity contribution is 5.93. The van der Waals surface area contributed by atoms with Gasteiger partial charge in [0.2, 0.25) is 0 Å². The minimum Gasteiger partial charge on any atom is -0.430 e. The third kappa shape index (κ3) is 5.05. The van der Waals surface area contributed by atoms with Crippen LogP contribution in [0.25, 0.3) is 0 Å². The summed E-state index contributed by atoms with van der Waals surface area (Å²) < 4.78 is 41.3. The first-order chi connectivity index (χ1) is 9.35. The Balaban J connectivity index is 0.00000220. The Morgan fingerprint density at radius 3 is 2.29 bits per heavy atom. The van der Waals surface area contributed by atoms with Crippen molar-refractivity contribution in [2.24, 2.45) is 0 Å². The zero-order chi connectivity index (χ0) is 14.8. The molecule has 1 aromatic heterocycles. The molecule has 1 aromatic rings. The average Bonchev–Trinajstić information content (AvgIpc) is 2.38. The van der Waals surface area contributed by atoms with Gasteiger partial charge in [-0.2, -0.15) is 13.2 Å². The Labute approximate surface area is 124 Å². The van der Waals surface area contributed by atoms with Crippen LogP contribution in [0.5, 0.6) is 0 Å². The van der Waals surface area contributed by atoms with Crippen molar-refractivity contribution in [3.8, 4) is 0 Å². The van der Waals surface area contributed by atoms with Crippen molar-refractivity contribution in [3.63, 3.8) is 0 Å². The van der Waals surface area contributed by atoms with E-state index in [0.717, 1.165) is 12.3 Å². The van der Waals surface area contributed by atoms with Crippen LogP contribution in [0.4, 0.5) is 13.2 Å². The molecule has 0 saturated carbocycles. The van der Waals surface area contributed by atoms with Gasteiger partial charge < -0.3 is 9.32 Å². The molecule has 0 aromatic carbocycles. The smallest absolute Gasteiger partial charge is 0.401 e. The number of rotatable bonds is 2. The van der Waals surface area contributed by atoms with E-state index < -0.39 is 18.3 Å². The van der Waals surface area contributed by atoms with Gasteiger partial charge in [0.15, 0.2) is 0 Å². The summed E-state index contributed by atoms with van der Waals surface area (Å²) >= 11 is 0. The molecule has 9 heteroatoms. The quantitative estimate of drug-likeness (QED) is 0.824. The average molecular weight is 327 g/mol. The minimum absolute atomic E-state index is 0. The summed E-state index contributed by atoms with van der Waals surface area (Å²) in [7, 11) is 0. The van der Waals surface area contributed by atoms with Crippen molar-refractivity contribution in [2.75, 3.05) is 32.7 Å². The predicted molar refractivity (Wildman–Crippen MR) is 70.6 cm³/mol. The maximum Gasteiger partial charge on any atom is 0.401 e. The minimum atomic E-state index is -4.23. The molecular formula is C12H14ClF3N2O3. The summed E-state index contributed by atoms with van der Waals surface area (Å²) in [4.78, 5) is 25.5. The predicted octanol–water partition coefficient (Wildman–Crippen LogP) is 1.38. The number of halogens is 4. The van der Waals surface area contributed by atoms with Gasteiger partial charge in [-0.1, -0.05) is 0 Å². The maximum atomic E-state index is 12.2. The normalized spacial score (nSPS) is 16.4. The van der Waals surface area contributed by atoms with Crippen LogP contribution in [-0.2, 0) is 0 Å². The Morgan fingerprint density at radius 1 is 1.19 bits per heavy atom. The molecule has 0 atom stereocenters. The molecular weight excluding hydrogens is 313 g/mol. The summed E-state index contributed by atoms with van der Waals surface area (Å²) in [6.07, 6.45) is -3.16. The lowest BCUT2D eigenvalue weighted by Gasteiger charge is -2.34. The standard InChI is InChI=1S/C12H13F3N2O3.ClH/c13-12(14,15)8-16-3-5-17(6-4-16)11(19)9-1-2-10(18)20-7-9;/h1-2,7H,3-6,8H2;1H. The largest absolute Gasteiger partial charge is 0.430 e. The molecule has 0 aliphatic carbocycles. The van der Waals surface area contributed by atoms with E-state index in [-0.39, 0.29) is 50.1 Å². The van der Waals surface area contributed by atoms with E-state index in [1.54, 1.807) is 0 Å². The van der Waals surface area contributed by atoms with Gasteiger partial charge in [0.25, 0.3) is 5.91 Å². The third-order valence-corrected chi connectivity index (χ3v) is 3.01. The van der Waals surface area contributed by atoms with Crippen molar-refractivity contribution in [2.45, 2.75) is 6.18 Å². The highest BCUT2D eigenvalue weighted by Gasteiger charge is 2.33. The SMILES string of the molecule is Cl.O=C(c1ccc(=O)oc1)N1CCN(CC(F)(F)F)CC1. The van der Waals surface area contributed by atoms with Gasteiger partial charge in [-0.25, -0.2) is 4.79 Å². The van der Waals surface area contributed by atoms with Crippen molar-refractivity contribution in [1.29, 1.82) is 0 Å². The number of piperazine rings is 1. The number of carbonyl (C=O) groups excluding carboxylic acids is 1. The van der Waals surface area contributed by atoms with E-state index in [0.29, 0.717) is 0 Å². The highest BCUT2D eigenvalue weighted by atomic mass is 35.5. The fraction of sp³-hybridized carbons (Fsp3) is 0.500. The second-order valence-electron chi connectivity index (χ2n) is 4.53. The molecule has 0 unspecified atom stereocenters. The van der Waals surface area contributed by atoms with E-state index in [2.05, 4.69) is 4.42 Å². The molecule has 1 fully saturated rings. The van der Waals surface area contributed by atoms with E-state index in [9.17, 15) is 22.8 Å². The van der Waals surface area contributed by atoms with Crippen LogP contribution in [0.1, 0.15) is 10.4 Å². The summed E-state index contributed by atoms with van der Waals surface area (Å²) in [6, 6.07) is 2.48. The fourth-order valence-corrected chi connectivity index (χ4v) is 2.02. The lowest BCUT2D eigenvalue weighted by Crippen LogP contribution is -2.50. The molecule has 1 amide bonds. The number of nitrogens with zero attached hydrogens (tertiary/aromatic N) is 2. The van der Waals surface area contributed by atoms with Gasteiger partial charge in [0.05, 0.1) is 12.1 Å². The Hall–Kier alpha value is -1.54. The first-order valence-electron chi connectivity index (χ1n) is 6.02. The molecule has 0 bridgehead atoms. The van der Waals surface area contributed by atoms with Crippen LogP contribution in [-0.4, -0.2) is 54.6 Å². The topological polar surface area (TPSA) is 53.8 Å². The lowest BCUT2D eigenvalue weighted by atomic mass is 10.2. The monoisotopic (exact) mass is 326 g/mol. The van der Waals surface area contributed by atoms with Crippen molar-refractivity contribution < 1.29 is 22.4 Å². The van der Waals surface area contributed by atoms with E-state index >= 15 is 0 Å². The van der Waals surface area contributed by atoms with Gasteiger partial charge >= 0.3 is 11.8 Å². The molecule has 1 saturated heterocycles. The molecule has 5 nitrogen and oxygen atoms in total. The van der Waals surface area contributed by atoms with Crippen molar-refractivity contribution in [3.05, 3.63) is 34.4 Å². The first-order valence-corrected chi connectivity index (χ1v) is 6.02. The van der Waals surface area contributed by atoms with Crippen LogP contribution in [0.3, 0.4) is 0 Å².